The lowest BCUT2D eigenvalue weighted by Crippen LogP contribution is -2.48. The molecule has 2 rings (SSSR count). The lowest BCUT2D eigenvalue weighted by Gasteiger charge is -2.26. The number of carboxylic acid groups (broad SMARTS) is 2. The fourth-order valence-electron chi connectivity index (χ4n) is 4.74. The van der Waals surface area contributed by atoms with Gasteiger partial charge in [-0.05, 0) is 35.6 Å². The second-order valence-corrected chi connectivity index (χ2v) is 13.9. The molecule has 0 fully saturated rings. The van der Waals surface area contributed by atoms with Crippen LogP contribution in [-0.4, -0.2) is 77.6 Å². The molecule has 2 aromatic carbocycles. The van der Waals surface area contributed by atoms with Crippen LogP contribution in [-0.2, 0) is 56.4 Å². The van der Waals surface area contributed by atoms with Crippen molar-refractivity contribution in [3.63, 3.8) is 0 Å². The molecule has 14 nitrogen and oxygen atoms in total. The van der Waals surface area contributed by atoms with E-state index in [9.17, 15) is 52.5 Å². The van der Waals surface area contributed by atoms with Crippen LogP contribution < -0.4 is 10.6 Å². The molecule has 4 atom stereocenters. The van der Waals surface area contributed by atoms with Gasteiger partial charge >= 0.3 is 17.9 Å². The van der Waals surface area contributed by atoms with Gasteiger partial charge in [-0.2, -0.15) is 0 Å². The lowest BCUT2D eigenvalue weighted by atomic mass is 9.86. The minimum absolute atomic E-state index is 0.0522. The molecule has 0 radical (unpaired) electrons. The van der Waals surface area contributed by atoms with Gasteiger partial charge in [0.25, 0.3) is 0 Å². The van der Waals surface area contributed by atoms with Gasteiger partial charge in [0.15, 0.2) is 15.6 Å². The van der Waals surface area contributed by atoms with Gasteiger partial charge in [-0.1, -0.05) is 62.4 Å². The zero-order chi connectivity index (χ0) is 36.7. The molecule has 2 amide bonds. The van der Waals surface area contributed by atoms with Gasteiger partial charge in [-0.3, -0.25) is 28.8 Å². The first-order valence-corrected chi connectivity index (χ1v) is 17.3. The van der Waals surface area contributed by atoms with Gasteiger partial charge in [-0.25, -0.2) is 8.42 Å². The zero-order valence-corrected chi connectivity index (χ0v) is 28.2. The van der Waals surface area contributed by atoms with Crippen molar-refractivity contribution in [2.75, 3.05) is 6.26 Å². The van der Waals surface area contributed by atoms with E-state index in [0.29, 0.717) is 11.1 Å². The summed E-state index contributed by atoms with van der Waals surface area (Å²) in [6, 6.07) is 11.9. The van der Waals surface area contributed by atoms with Crippen LogP contribution in [0.3, 0.4) is 0 Å². The molecule has 5 N–H and O–H groups in total. The van der Waals surface area contributed by atoms with Crippen LogP contribution in [0.25, 0.3) is 0 Å². The predicted octanol–water partition coefficient (Wildman–Crippen LogP) is 2.39. The minimum Gasteiger partial charge on any atom is -0.508 e. The Kier molecular flexibility index (Phi) is 15.6. The maximum Gasteiger partial charge on any atom is 0.306 e. The second-order valence-electron chi connectivity index (χ2n) is 12.0. The van der Waals surface area contributed by atoms with E-state index >= 15 is 0 Å². The molecule has 2 aromatic rings. The number of nitrogens with one attached hydrogen (secondary N) is 2. The van der Waals surface area contributed by atoms with Gasteiger partial charge in [0, 0.05) is 24.0 Å². The monoisotopic (exact) mass is 702 g/mol. The molecule has 0 saturated carbocycles. The van der Waals surface area contributed by atoms with E-state index < -0.39 is 101 Å². The summed E-state index contributed by atoms with van der Waals surface area (Å²) in [6.07, 6.45) is -0.588. The van der Waals surface area contributed by atoms with Crippen LogP contribution in [0.2, 0.25) is 0 Å². The van der Waals surface area contributed by atoms with Gasteiger partial charge in [-0.15, -0.1) is 0 Å². The molecular weight excluding hydrogens is 660 g/mol. The largest absolute Gasteiger partial charge is 0.508 e. The summed E-state index contributed by atoms with van der Waals surface area (Å²) in [5.41, 5.74) is 1.19. The number of ether oxygens (including phenoxy) is 1. The number of carbonyl (C=O) groups excluding carboxylic acids is 4. The van der Waals surface area contributed by atoms with Crippen molar-refractivity contribution in [1.82, 2.24) is 10.6 Å². The van der Waals surface area contributed by atoms with E-state index in [0.717, 1.165) is 17.7 Å². The Morgan fingerprint density at radius 1 is 0.796 bits per heavy atom. The maximum absolute atomic E-state index is 13.8. The SMILES string of the molecule is CC(C)[C@H](CC(=O)[C@@H](Cc1ccc(O)cc1)NC(=O)[C@H](CC(=O)O)CC(=O)OCc1ccccc1)C(=O)N[C@H](/C=C/S(C)(=O)=O)CC(=O)O. The number of ketones is 1. The minimum atomic E-state index is -3.64. The number of sulfone groups is 1. The van der Waals surface area contributed by atoms with Crippen molar-refractivity contribution in [3.8, 4) is 5.75 Å². The molecule has 15 heteroatoms. The molecule has 0 spiro atoms. The highest BCUT2D eigenvalue weighted by Crippen LogP contribution is 2.21. The topological polar surface area (TPSA) is 231 Å². The molecule has 0 aliphatic carbocycles. The number of Topliss-reactive ketones (excluding diaryl/α,β-unsaturated/α-hetero) is 1. The van der Waals surface area contributed by atoms with Gasteiger partial charge in [0.2, 0.25) is 11.8 Å². The second kappa shape index (κ2) is 19.1. The molecule has 0 aromatic heterocycles. The molecule has 266 valence electrons. The Labute approximate surface area is 284 Å². The normalized spacial score (nSPS) is 14.0. The van der Waals surface area contributed by atoms with Crippen LogP contribution in [0.1, 0.15) is 50.7 Å². The van der Waals surface area contributed by atoms with E-state index in [1.54, 1.807) is 44.2 Å². The standard InChI is InChI=1S/C34H42N2O12S/c1-21(2)27(34(45)35-25(18-31(41)42)13-14-49(3,46)47)19-29(38)28(15-22-9-11-26(37)12-10-22)36-33(44)24(16-30(39)40)17-32(43)48-20-23-7-5-4-6-8-23/h4-14,21,24-25,27-28,37H,15-20H2,1-3H3,(H,35,45)(H,36,44)(H,39,40)(H,41,42)/b14-13+/t24-,25-,27+,28-/m1/s1. The smallest absolute Gasteiger partial charge is 0.306 e. The number of rotatable bonds is 20. The average Bonchev–Trinajstić information content (AvgIpc) is 3.01. The fraction of sp³-hybridized carbons (Fsp3) is 0.412. The number of amides is 2. The quantitative estimate of drug-likeness (QED) is 0.125. The molecule has 0 unspecified atom stereocenters. The molecule has 0 heterocycles. The summed E-state index contributed by atoms with van der Waals surface area (Å²) in [4.78, 5) is 76.1. The van der Waals surface area contributed by atoms with Crippen LogP contribution >= 0.6 is 0 Å². The Morgan fingerprint density at radius 3 is 1.96 bits per heavy atom. The lowest BCUT2D eigenvalue weighted by molar-refractivity contribution is -0.150. The van der Waals surface area contributed by atoms with E-state index in [-0.39, 0.29) is 18.8 Å². The molecular formula is C34H42N2O12S. The van der Waals surface area contributed by atoms with Crippen LogP contribution in [0.15, 0.2) is 66.1 Å². The Bertz CT molecular complexity index is 1610. The molecule has 0 aliphatic rings. The number of phenols is 1. The first kappa shape index (κ1) is 40.1. The maximum atomic E-state index is 13.8. The third-order valence-corrected chi connectivity index (χ3v) is 8.02. The first-order chi connectivity index (χ1) is 22.9. The number of benzene rings is 2. The summed E-state index contributed by atoms with van der Waals surface area (Å²) in [5.74, 6) is -8.74. The molecule has 49 heavy (non-hydrogen) atoms. The van der Waals surface area contributed by atoms with Gasteiger partial charge < -0.3 is 30.7 Å². The van der Waals surface area contributed by atoms with Crippen LogP contribution in [0, 0.1) is 17.8 Å². The van der Waals surface area contributed by atoms with Crippen molar-refractivity contribution < 1.29 is 57.2 Å². The Balaban J connectivity index is 2.30. The number of hydrogen-bond donors (Lipinski definition) is 5. The van der Waals surface area contributed by atoms with Crippen molar-refractivity contribution >= 4 is 45.3 Å². The number of esters is 1. The van der Waals surface area contributed by atoms with Crippen molar-refractivity contribution in [2.45, 2.75) is 64.6 Å². The number of carboxylic acids is 2. The van der Waals surface area contributed by atoms with Gasteiger partial charge in [0.1, 0.15) is 12.4 Å². The highest BCUT2D eigenvalue weighted by molar-refractivity contribution is 7.93. The summed E-state index contributed by atoms with van der Waals surface area (Å²) in [5, 5.41) is 34.2. The molecule has 0 saturated heterocycles. The number of phenolic OH excluding ortho intramolecular Hbond substituents is 1. The highest BCUT2D eigenvalue weighted by atomic mass is 32.2. The number of aliphatic carboxylic acids is 2. The third kappa shape index (κ3) is 15.6. The summed E-state index contributed by atoms with van der Waals surface area (Å²) < 4.78 is 28.4. The number of carbonyl (C=O) groups is 6. The number of aromatic hydroxyl groups is 1. The highest BCUT2D eigenvalue weighted by Gasteiger charge is 2.33. The number of hydrogen-bond acceptors (Lipinski definition) is 10. The third-order valence-electron chi connectivity index (χ3n) is 7.37. The van der Waals surface area contributed by atoms with Crippen molar-refractivity contribution in [3.05, 3.63) is 77.2 Å². The zero-order valence-electron chi connectivity index (χ0n) is 27.4. The van der Waals surface area contributed by atoms with Crippen LogP contribution in [0.4, 0.5) is 0 Å². The molecule has 0 aliphatic heterocycles. The fourth-order valence-corrected chi connectivity index (χ4v) is 5.22. The van der Waals surface area contributed by atoms with E-state index in [1.165, 1.54) is 24.3 Å². The van der Waals surface area contributed by atoms with Crippen molar-refractivity contribution in [2.24, 2.45) is 17.8 Å². The van der Waals surface area contributed by atoms with Crippen molar-refractivity contribution in [1.29, 1.82) is 0 Å². The first-order valence-electron chi connectivity index (χ1n) is 15.4. The van der Waals surface area contributed by atoms with Crippen LogP contribution in [0.5, 0.6) is 5.75 Å². The predicted molar refractivity (Wildman–Crippen MR) is 176 cm³/mol. The van der Waals surface area contributed by atoms with E-state index in [2.05, 4.69) is 10.6 Å². The summed E-state index contributed by atoms with van der Waals surface area (Å²) >= 11 is 0. The van der Waals surface area contributed by atoms with Gasteiger partial charge in [0.05, 0.1) is 37.3 Å². The average molecular weight is 703 g/mol. The van der Waals surface area contributed by atoms with E-state index in [1.807, 2.05) is 0 Å². The summed E-state index contributed by atoms with van der Waals surface area (Å²) in [6.45, 7) is 3.19. The molecule has 0 bridgehead atoms. The van der Waals surface area contributed by atoms with E-state index in [4.69, 9.17) is 4.74 Å². The summed E-state index contributed by atoms with van der Waals surface area (Å²) in [7, 11) is -3.64. The Hall–Kier alpha value is -5.05. The Morgan fingerprint density at radius 2 is 1.41 bits per heavy atom.